The van der Waals surface area contributed by atoms with Crippen molar-refractivity contribution >= 4 is 21.1 Å². The average Bonchev–Trinajstić information content (AvgIpc) is 3.33. The molecule has 1 aromatic carbocycles. The van der Waals surface area contributed by atoms with Crippen molar-refractivity contribution < 1.29 is 17.9 Å². The number of nitrogens with one attached hydrogen (secondary N) is 1. The second-order valence-corrected chi connectivity index (χ2v) is 7.81. The summed E-state index contributed by atoms with van der Waals surface area (Å²) in [6.45, 7) is 1.60. The molecule has 4 rings (SSSR count). The van der Waals surface area contributed by atoms with E-state index in [4.69, 9.17) is 9.47 Å². The fourth-order valence-corrected chi connectivity index (χ4v) is 4.47. The molecule has 2 fully saturated rings. The third-order valence-electron chi connectivity index (χ3n) is 4.36. The van der Waals surface area contributed by atoms with Gasteiger partial charge in [-0.15, -0.1) is 0 Å². The summed E-state index contributed by atoms with van der Waals surface area (Å²) in [5.41, 5.74) is 1.13. The van der Waals surface area contributed by atoms with Crippen molar-refractivity contribution in [1.82, 2.24) is 14.3 Å². The Morgan fingerprint density at radius 2 is 2.04 bits per heavy atom. The van der Waals surface area contributed by atoms with Gasteiger partial charge in [-0.25, -0.2) is 13.4 Å². The molecule has 2 heterocycles. The molecule has 8 heteroatoms. The summed E-state index contributed by atoms with van der Waals surface area (Å²) in [5.74, 6) is 1.85. The minimum absolute atomic E-state index is 0.259. The zero-order valence-electron chi connectivity index (χ0n) is 12.9. The van der Waals surface area contributed by atoms with Gasteiger partial charge in [0, 0.05) is 19.0 Å². The number of ether oxygens (including phenoxy) is 2. The van der Waals surface area contributed by atoms with E-state index in [1.54, 1.807) is 19.2 Å². The number of hydrogen-bond acceptors (Lipinski definition) is 5. The van der Waals surface area contributed by atoms with Gasteiger partial charge in [0.25, 0.3) is 0 Å². The molecular formula is C15H19N3O4S. The Bertz CT molecular complexity index is 836. The molecule has 0 spiro atoms. The van der Waals surface area contributed by atoms with E-state index in [0.29, 0.717) is 49.0 Å². The minimum Gasteiger partial charge on any atom is -0.494 e. The zero-order valence-corrected chi connectivity index (χ0v) is 13.7. The van der Waals surface area contributed by atoms with Gasteiger partial charge in [0.1, 0.15) is 22.0 Å². The van der Waals surface area contributed by atoms with Crippen LogP contribution in [0.15, 0.2) is 17.0 Å². The highest BCUT2D eigenvalue weighted by Crippen LogP contribution is 2.41. The first-order chi connectivity index (χ1) is 11.1. The number of rotatable bonds is 4. The van der Waals surface area contributed by atoms with Crippen LogP contribution in [0.2, 0.25) is 0 Å². The smallest absolute Gasteiger partial charge is 0.245 e. The summed E-state index contributed by atoms with van der Waals surface area (Å²) in [6, 6.07) is 3.27. The first-order valence-corrected chi connectivity index (χ1v) is 9.20. The fourth-order valence-electron chi connectivity index (χ4n) is 2.92. The molecule has 7 nitrogen and oxygen atoms in total. The van der Waals surface area contributed by atoms with Crippen LogP contribution < -0.4 is 4.74 Å². The molecule has 0 amide bonds. The predicted octanol–water partition coefficient (Wildman–Crippen LogP) is 1.47. The largest absolute Gasteiger partial charge is 0.494 e. The molecule has 2 aliphatic rings. The number of aromatic nitrogens is 2. The van der Waals surface area contributed by atoms with Crippen LogP contribution in [0.1, 0.15) is 24.6 Å². The van der Waals surface area contributed by atoms with E-state index in [1.807, 2.05) is 0 Å². The summed E-state index contributed by atoms with van der Waals surface area (Å²) in [5, 5.41) is 0. The zero-order chi connectivity index (χ0) is 16.0. The van der Waals surface area contributed by atoms with Crippen molar-refractivity contribution in [2.24, 2.45) is 0 Å². The molecule has 0 bridgehead atoms. The van der Waals surface area contributed by atoms with Gasteiger partial charge < -0.3 is 14.5 Å². The molecule has 0 atom stereocenters. The Labute approximate surface area is 134 Å². The van der Waals surface area contributed by atoms with E-state index in [-0.39, 0.29) is 4.90 Å². The Balaban J connectivity index is 1.85. The van der Waals surface area contributed by atoms with Crippen molar-refractivity contribution in [3.63, 3.8) is 0 Å². The quantitative estimate of drug-likeness (QED) is 0.913. The lowest BCUT2D eigenvalue weighted by Gasteiger charge is -2.26. The molecule has 0 radical (unpaired) electrons. The number of imidazole rings is 1. The lowest BCUT2D eigenvalue weighted by atomic mass is 10.3. The van der Waals surface area contributed by atoms with Crippen molar-refractivity contribution in [1.29, 1.82) is 0 Å². The molecular weight excluding hydrogens is 318 g/mol. The van der Waals surface area contributed by atoms with Gasteiger partial charge in [-0.05, 0) is 25.0 Å². The molecule has 0 unspecified atom stereocenters. The molecule has 1 aliphatic heterocycles. The molecule has 2 aromatic rings. The number of benzene rings is 1. The summed E-state index contributed by atoms with van der Waals surface area (Å²) < 4.78 is 38.0. The van der Waals surface area contributed by atoms with E-state index in [1.165, 1.54) is 4.31 Å². The third-order valence-corrected chi connectivity index (χ3v) is 6.30. The number of H-pyrrole nitrogens is 1. The summed E-state index contributed by atoms with van der Waals surface area (Å²) >= 11 is 0. The number of morpholine rings is 1. The highest BCUT2D eigenvalue weighted by atomic mass is 32.2. The molecule has 1 aliphatic carbocycles. The van der Waals surface area contributed by atoms with Crippen molar-refractivity contribution in [2.45, 2.75) is 23.7 Å². The van der Waals surface area contributed by atoms with Gasteiger partial charge >= 0.3 is 0 Å². The van der Waals surface area contributed by atoms with Crippen LogP contribution in [0, 0.1) is 0 Å². The maximum absolute atomic E-state index is 13.0. The van der Waals surface area contributed by atoms with Gasteiger partial charge in [0.2, 0.25) is 10.0 Å². The number of sulfonamides is 1. The van der Waals surface area contributed by atoms with E-state index >= 15 is 0 Å². The van der Waals surface area contributed by atoms with E-state index in [9.17, 15) is 8.42 Å². The van der Waals surface area contributed by atoms with Crippen LogP contribution >= 0.6 is 0 Å². The Kier molecular flexibility index (Phi) is 3.55. The normalized spacial score (nSPS) is 20.0. The number of nitrogens with zero attached hydrogens (tertiary/aromatic N) is 2. The van der Waals surface area contributed by atoms with Gasteiger partial charge in [0.05, 0.1) is 25.8 Å². The van der Waals surface area contributed by atoms with Crippen LogP contribution in [-0.2, 0) is 14.8 Å². The van der Waals surface area contributed by atoms with Gasteiger partial charge in [-0.2, -0.15) is 4.31 Å². The van der Waals surface area contributed by atoms with E-state index in [0.717, 1.165) is 18.7 Å². The topological polar surface area (TPSA) is 84.5 Å². The highest BCUT2D eigenvalue weighted by molar-refractivity contribution is 7.89. The lowest BCUT2D eigenvalue weighted by Crippen LogP contribution is -2.40. The second-order valence-electron chi connectivity index (χ2n) is 5.90. The summed E-state index contributed by atoms with van der Waals surface area (Å²) in [6.07, 6.45) is 2.18. The SMILES string of the molecule is COc1ccc(S(=O)(=O)N2CCOCC2)c2[nH]c(C3CC3)nc12. The van der Waals surface area contributed by atoms with Crippen LogP contribution in [0.25, 0.3) is 11.0 Å². The first-order valence-electron chi connectivity index (χ1n) is 7.76. The molecule has 23 heavy (non-hydrogen) atoms. The van der Waals surface area contributed by atoms with E-state index in [2.05, 4.69) is 9.97 Å². The molecule has 124 valence electrons. The third kappa shape index (κ3) is 2.50. The molecule has 1 saturated heterocycles. The highest BCUT2D eigenvalue weighted by Gasteiger charge is 2.32. The number of hydrogen-bond donors (Lipinski definition) is 1. The van der Waals surface area contributed by atoms with Crippen molar-refractivity contribution in [3.05, 3.63) is 18.0 Å². The first kappa shape index (κ1) is 14.9. The standard InChI is InChI=1S/C15H19N3O4S/c1-21-11-4-5-12(23(19,20)18-6-8-22-9-7-18)14-13(11)16-15(17-14)10-2-3-10/h4-5,10H,2-3,6-9H2,1H3,(H,16,17). The monoisotopic (exact) mass is 337 g/mol. The predicted molar refractivity (Wildman–Crippen MR) is 84.2 cm³/mol. The molecule has 1 aromatic heterocycles. The number of methoxy groups -OCH3 is 1. The second kappa shape index (κ2) is 5.47. The Morgan fingerprint density at radius 1 is 1.30 bits per heavy atom. The van der Waals surface area contributed by atoms with Crippen LogP contribution in [-0.4, -0.2) is 56.1 Å². The Morgan fingerprint density at radius 3 is 2.70 bits per heavy atom. The maximum atomic E-state index is 13.0. The van der Waals surface area contributed by atoms with Crippen LogP contribution in [0.4, 0.5) is 0 Å². The van der Waals surface area contributed by atoms with Crippen molar-refractivity contribution in [2.75, 3.05) is 33.4 Å². The average molecular weight is 337 g/mol. The molecule has 1 N–H and O–H groups in total. The number of fused-ring (bicyclic) bond motifs is 1. The minimum atomic E-state index is -3.58. The van der Waals surface area contributed by atoms with Gasteiger partial charge in [-0.3, -0.25) is 0 Å². The lowest BCUT2D eigenvalue weighted by molar-refractivity contribution is 0.0730. The van der Waals surface area contributed by atoms with Crippen LogP contribution in [0.5, 0.6) is 5.75 Å². The number of aromatic amines is 1. The van der Waals surface area contributed by atoms with Gasteiger partial charge in [0.15, 0.2) is 0 Å². The fraction of sp³-hybridized carbons (Fsp3) is 0.533. The van der Waals surface area contributed by atoms with Crippen molar-refractivity contribution in [3.8, 4) is 5.75 Å². The summed E-state index contributed by atoms with van der Waals surface area (Å²) in [7, 11) is -2.01. The van der Waals surface area contributed by atoms with Crippen LogP contribution in [0.3, 0.4) is 0 Å². The maximum Gasteiger partial charge on any atom is 0.245 e. The Hall–Kier alpha value is -1.64. The summed E-state index contributed by atoms with van der Waals surface area (Å²) in [4.78, 5) is 8.05. The molecule has 1 saturated carbocycles. The van der Waals surface area contributed by atoms with E-state index < -0.39 is 10.0 Å². The van der Waals surface area contributed by atoms with Gasteiger partial charge in [-0.1, -0.05) is 0 Å².